The number of hydrogen-bond donors (Lipinski definition) is 0. The second kappa shape index (κ2) is 8.03. The van der Waals surface area contributed by atoms with E-state index in [1.165, 1.54) is 5.56 Å². The fourth-order valence-corrected chi connectivity index (χ4v) is 5.85. The first kappa shape index (κ1) is 19.0. The number of rotatable bonds is 4. The molecule has 2 saturated heterocycles. The summed E-state index contributed by atoms with van der Waals surface area (Å²) in [6.45, 7) is 3.18. The smallest absolute Gasteiger partial charge is 0.199 e. The van der Waals surface area contributed by atoms with Gasteiger partial charge in [0.15, 0.2) is 11.6 Å². The lowest BCUT2D eigenvalue weighted by atomic mass is 9.95. The van der Waals surface area contributed by atoms with Crippen LogP contribution in [0.15, 0.2) is 65.8 Å². The van der Waals surface area contributed by atoms with Crippen molar-refractivity contribution in [3.63, 3.8) is 0 Å². The molecule has 5 rings (SSSR count). The van der Waals surface area contributed by atoms with E-state index >= 15 is 0 Å². The number of carbonyl (C=O) groups excluding carboxylic acids is 1. The number of thioether (sulfide) groups is 1. The summed E-state index contributed by atoms with van der Waals surface area (Å²) in [6.07, 6.45) is 7.54. The standard InChI is InChI=1S/C23H24N2O3S/c26-21(18-4-2-1-3-5-18)20-16-19(17-6-10-24-11-7-17)22(29-20)25-12-8-23(9-13-25)27-14-15-28-23/h1-7,10-11,16,19,22H,8-9,12-15H2. The van der Waals surface area contributed by atoms with E-state index in [2.05, 4.69) is 28.1 Å². The van der Waals surface area contributed by atoms with Gasteiger partial charge in [-0.25, -0.2) is 0 Å². The third-order valence-electron chi connectivity index (χ3n) is 5.97. The highest BCUT2D eigenvalue weighted by molar-refractivity contribution is 8.04. The summed E-state index contributed by atoms with van der Waals surface area (Å²) in [6, 6.07) is 13.6. The fourth-order valence-electron chi connectivity index (χ4n) is 4.40. The van der Waals surface area contributed by atoms with E-state index in [0.29, 0.717) is 13.2 Å². The lowest BCUT2D eigenvalue weighted by Crippen LogP contribution is -2.48. The highest BCUT2D eigenvalue weighted by Crippen LogP contribution is 2.46. The zero-order chi connectivity index (χ0) is 19.7. The van der Waals surface area contributed by atoms with E-state index in [1.807, 2.05) is 42.7 Å². The molecular formula is C23H24N2O3S. The van der Waals surface area contributed by atoms with Crippen molar-refractivity contribution < 1.29 is 14.3 Å². The molecule has 3 aliphatic heterocycles. The van der Waals surface area contributed by atoms with Crippen LogP contribution in [-0.2, 0) is 9.47 Å². The third-order valence-corrected chi connectivity index (χ3v) is 7.38. The van der Waals surface area contributed by atoms with Gasteiger partial charge in [-0.15, -0.1) is 11.8 Å². The summed E-state index contributed by atoms with van der Waals surface area (Å²) in [5.74, 6) is -0.125. The van der Waals surface area contributed by atoms with Gasteiger partial charge in [-0.05, 0) is 17.7 Å². The average molecular weight is 409 g/mol. The van der Waals surface area contributed by atoms with Gasteiger partial charge in [-0.1, -0.05) is 36.4 Å². The van der Waals surface area contributed by atoms with Crippen molar-refractivity contribution in [2.45, 2.75) is 29.9 Å². The van der Waals surface area contributed by atoms with Crippen LogP contribution in [0.3, 0.4) is 0 Å². The Balaban J connectivity index is 1.38. The maximum Gasteiger partial charge on any atom is 0.199 e. The zero-order valence-electron chi connectivity index (χ0n) is 16.2. The minimum absolute atomic E-state index is 0.105. The number of hydrogen-bond acceptors (Lipinski definition) is 6. The second-order valence-electron chi connectivity index (χ2n) is 7.68. The van der Waals surface area contributed by atoms with Crippen LogP contribution in [0.5, 0.6) is 0 Å². The van der Waals surface area contributed by atoms with Gasteiger partial charge in [0.2, 0.25) is 0 Å². The van der Waals surface area contributed by atoms with Crippen LogP contribution >= 0.6 is 11.8 Å². The van der Waals surface area contributed by atoms with Crippen LogP contribution in [0.25, 0.3) is 0 Å². The average Bonchev–Trinajstić information content (AvgIpc) is 3.43. The van der Waals surface area contributed by atoms with Gasteiger partial charge in [0, 0.05) is 49.8 Å². The van der Waals surface area contributed by atoms with Crippen molar-refractivity contribution in [1.82, 2.24) is 9.88 Å². The molecule has 4 heterocycles. The number of allylic oxidation sites excluding steroid dienone is 1. The van der Waals surface area contributed by atoms with Gasteiger partial charge >= 0.3 is 0 Å². The van der Waals surface area contributed by atoms with Crippen LogP contribution in [-0.4, -0.2) is 53.1 Å². The normalized spacial score (nSPS) is 26.6. The Morgan fingerprint density at radius 1 is 1.03 bits per heavy atom. The Kier molecular flexibility index (Phi) is 5.26. The van der Waals surface area contributed by atoms with Gasteiger partial charge in [-0.2, -0.15) is 0 Å². The molecule has 0 N–H and O–H groups in total. The van der Waals surface area contributed by atoms with E-state index in [-0.39, 0.29) is 22.9 Å². The van der Waals surface area contributed by atoms with E-state index in [0.717, 1.165) is 36.4 Å². The maximum absolute atomic E-state index is 13.1. The van der Waals surface area contributed by atoms with Crippen LogP contribution in [0, 0.1) is 0 Å². The Bertz CT molecular complexity index is 887. The predicted molar refractivity (Wildman–Crippen MR) is 113 cm³/mol. The molecule has 6 heteroatoms. The van der Waals surface area contributed by atoms with Crippen molar-refractivity contribution >= 4 is 17.5 Å². The molecule has 150 valence electrons. The SMILES string of the molecule is O=C(C1=CC(c2ccncc2)C(N2CCC3(CC2)OCCO3)S1)c1ccccc1. The number of ketones is 1. The van der Waals surface area contributed by atoms with E-state index in [1.54, 1.807) is 11.8 Å². The molecule has 3 aliphatic rings. The zero-order valence-corrected chi connectivity index (χ0v) is 17.0. The van der Waals surface area contributed by atoms with Crippen LogP contribution in [0.4, 0.5) is 0 Å². The minimum atomic E-state index is -0.387. The Hall–Kier alpha value is -1.99. The first-order valence-corrected chi connectivity index (χ1v) is 11.0. The Morgan fingerprint density at radius 3 is 2.41 bits per heavy atom. The summed E-state index contributed by atoms with van der Waals surface area (Å²) >= 11 is 1.69. The van der Waals surface area contributed by atoms with E-state index in [9.17, 15) is 4.79 Å². The highest BCUT2D eigenvalue weighted by atomic mass is 32.2. The number of piperidine rings is 1. The highest BCUT2D eigenvalue weighted by Gasteiger charge is 2.44. The molecule has 2 fully saturated rings. The van der Waals surface area contributed by atoms with Crippen molar-refractivity contribution in [2.75, 3.05) is 26.3 Å². The van der Waals surface area contributed by atoms with Crippen molar-refractivity contribution in [3.8, 4) is 0 Å². The monoisotopic (exact) mass is 408 g/mol. The molecule has 2 unspecified atom stereocenters. The number of likely N-dealkylation sites (tertiary alicyclic amines) is 1. The lowest BCUT2D eigenvalue weighted by Gasteiger charge is -2.41. The summed E-state index contributed by atoms with van der Waals surface area (Å²) < 4.78 is 11.8. The maximum atomic E-state index is 13.1. The molecule has 5 nitrogen and oxygen atoms in total. The van der Waals surface area contributed by atoms with Crippen LogP contribution < -0.4 is 0 Å². The van der Waals surface area contributed by atoms with Gasteiger partial charge < -0.3 is 9.47 Å². The number of nitrogens with zero attached hydrogens (tertiary/aromatic N) is 2. The molecule has 0 radical (unpaired) electrons. The topological polar surface area (TPSA) is 51.7 Å². The quantitative estimate of drug-likeness (QED) is 0.717. The van der Waals surface area contributed by atoms with Gasteiger partial charge in [0.1, 0.15) is 0 Å². The molecule has 0 aliphatic carbocycles. The van der Waals surface area contributed by atoms with Gasteiger partial charge in [0.25, 0.3) is 0 Å². The summed E-state index contributed by atoms with van der Waals surface area (Å²) in [7, 11) is 0. The molecule has 2 atom stereocenters. The van der Waals surface area contributed by atoms with E-state index < -0.39 is 0 Å². The number of pyridine rings is 1. The largest absolute Gasteiger partial charge is 0.347 e. The van der Waals surface area contributed by atoms with Crippen LogP contribution in [0.1, 0.15) is 34.7 Å². The number of benzene rings is 1. The fraction of sp³-hybridized carbons (Fsp3) is 0.391. The molecule has 1 aromatic carbocycles. The van der Waals surface area contributed by atoms with Gasteiger partial charge in [-0.3, -0.25) is 14.7 Å². The van der Waals surface area contributed by atoms with Crippen molar-refractivity contribution in [2.24, 2.45) is 0 Å². The van der Waals surface area contributed by atoms with Gasteiger partial charge in [0.05, 0.1) is 23.5 Å². The Labute approximate surface area is 175 Å². The van der Waals surface area contributed by atoms with Crippen LogP contribution in [0.2, 0.25) is 0 Å². The number of ether oxygens (including phenoxy) is 2. The Morgan fingerprint density at radius 2 is 1.72 bits per heavy atom. The first-order chi connectivity index (χ1) is 14.2. The third kappa shape index (κ3) is 3.78. The number of aromatic nitrogens is 1. The molecule has 1 aromatic heterocycles. The van der Waals surface area contributed by atoms with Crippen molar-refractivity contribution in [1.29, 1.82) is 0 Å². The number of Topliss-reactive ketones (excluding diaryl/α,β-unsaturated/α-hetero) is 1. The molecule has 29 heavy (non-hydrogen) atoms. The van der Waals surface area contributed by atoms with E-state index in [4.69, 9.17) is 9.47 Å². The second-order valence-corrected chi connectivity index (χ2v) is 8.84. The summed E-state index contributed by atoms with van der Waals surface area (Å²) in [5.41, 5.74) is 1.94. The molecule has 0 amide bonds. The summed E-state index contributed by atoms with van der Waals surface area (Å²) in [5, 5.41) is 0.193. The molecule has 0 saturated carbocycles. The number of carbonyl (C=O) groups is 1. The van der Waals surface area contributed by atoms with Crippen molar-refractivity contribution in [3.05, 3.63) is 77.0 Å². The molecule has 0 bridgehead atoms. The predicted octanol–water partition coefficient (Wildman–Crippen LogP) is 3.84. The molecule has 2 aromatic rings. The minimum Gasteiger partial charge on any atom is -0.347 e. The molecular weight excluding hydrogens is 384 g/mol. The summed E-state index contributed by atoms with van der Waals surface area (Å²) in [4.78, 5) is 20.6. The lowest BCUT2D eigenvalue weighted by molar-refractivity contribution is -0.186. The first-order valence-electron chi connectivity index (χ1n) is 10.1. The molecule has 1 spiro atoms.